The minimum absolute atomic E-state index is 0.799. The summed E-state index contributed by atoms with van der Waals surface area (Å²) < 4.78 is 0. The van der Waals surface area contributed by atoms with Crippen molar-refractivity contribution in [2.24, 2.45) is 0 Å². The Morgan fingerprint density at radius 1 is 1.58 bits per heavy atom. The smallest absolute Gasteiger partial charge is 0.181 e. The predicted molar refractivity (Wildman–Crippen MR) is 49.1 cm³/mol. The molecule has 0 spiro atoms. The van der Waals surface area contributed by atoms with E-state index in [4.69, 9.17) is 0 Å². The number of nitrogens with one attached hydrogen (secondary N) is 1. The SMILES string of the molecule is CCc1nc(-c2ccsc2)n[nH]1. The van der Waals surface area contributed by atoms with Gasteiger partial charge in [-0.25, -0.2) is 4.98 Å². The van der Waals surface area contributed by atoms with Gasteiger partial charge in [-0.1, -0.05) is 6.92 Å². The van der Waals surface area contributed by atoms with E-state index in [9.17, 15) is 0 Å². The largest absolute Gasteiger partial charge is 0.263 e. The van der Waals surface area contributed by atoms with Crippen molar-refractivity contribution in [3.63, 3.8) is 0 Å². The zero-order chi connectivity index (χ0) is 8.39. The Morgan fingerprint density at radius 3 is 3.08 bits per heavy atom. The van der Waals surface area contributed by atoms with Gasteiger partial charge < -0.3 is 0 Å². The first-order chi connectivity index (χ1) is 5.90. The average molecular weight is 179 g/mol. The molecule has 0 atom stereocenters. The Labute approximate surface area is 74.5 Å². The van der Waals surface area contributed by atoms with Crippen LogP contribution in [0.5, 0.6) is 0 Å². The van der Waals surface area contributed by atoms with Gasteiger partial charge in [0.2, 0.25) is 0 Å². The van der Waals surface area contributed by atoms with Gasteiger partial charge in [-0.15, -0.1) is 0 Å². The van der Waals surface area contributed by atoms with Crippen LogP contribution in [0.25, 0.3) is 11.4 Å². The van der Waals surface area contributed by atoms with Crippen LogP contribution in [0.15, 0.2) is 16.8 Å². The maximum Gasteiger partial charge on any atom is 0.181 e. The summed E-state index contributed by atoms with van der Waals surface area (Å²) in [6, 6.07) is 2.02. The Bertz CT molecular complexity index is 350. The molecule has 0 aromatic carbocycles. The second-order valence-corrected chi connectivity index (χ2v) is 3.25. The topological polar surface area (TPSA) is 41.6 Å². The van der Waals surface area contributed by atoms with Crippen LogP contribution in [-0.4, -0.2) is 15.2 Å². The minimum Gasteiger partial charge on any atom is -0.263 e. The number of aromatic nitrogens is 3. The molecule has 0 amide bonds. The standard InChI is InChI=1S/C8H9N3S/c1-2-7-9-8(11-10-7)6-3-4-12-5-6/h3-5H,2H2,1H3,(H,9,10,11). The Hall–Kier alpha value is -1.16. The fourth-order valence-corrected chi connectivity index (χ4v) is 1.61. The van der Waals surface area contributed by atoms with Gasteiger partial charge in [-0.3, -0.25) is 5.10 Å². The van der Waals surface area contributed by atoms with Crippen LogP contribution in [0.4, 0.5) is 0 Å². The number of thiophene rings is 1. The molecular formula is C8H9N3S. The maximum absolute atomic E-state index is 4.31. The third kappa shape index (κ3) is 1.25. The van der Waals surface area contributed by atoms with E-state index in [1.54, 1.807) is 11.3 Å². The van der Waals surface area contributed by atoms with E-state index in [-0.39, 0.29) is 0 Å². The van der Waals surface area contributed by atoms with Crippen molar-refractivity contribution in [3.05, 3.63) is 22.7 Å². The molecule has 2 rings (SSSR count). The molecule has 62 valence electrons. The van der Waals surface area contributed by atoms with E-state index in [1.165, 1.54) is 0 Å². The van der Waals surface area contributed by atoms with E-state index in [0.29, 0.717) is 0 Å². The maximum atomic E-state index is 4.31. The predicted octanol–water partition coefficient (Wildman–Crippen LogP) is 2.10. The fraction of sp³-hybridized carbons (Fsp3) is 0.250. The van der Waals surface area contributed by atoms with Crippen molar-refractivity contribution in [1.82, 2.24) is 15.2 Å². The highest BCUT2D eigenvalue weighted by molar-refractivity contribution is 7.08. The number of hydrogen-bond donors (Lipinski definition) is 1. The summed E-state index contributed by atoms with van der Waals surface area (Å²) in [7, 11) is 0. The van der Waals surface area contributed by atoms with E-state index >= 15 is 0 Å². The molecule has 0 aliphatic rings. The molecule has 12 heavy (non-hydrogen) atoms. The summed E-state index contributed by atoms with van der Waals surface area (Å²) in [5, 5.41) is 11.1. The Kier molecular flexibility index (Phi) is 1.91. The van der Waals surface area contributed by atoms with Gasteiger partial charge in [0, 0.05) is 17.4 Å². The van der Waals surface area contributed by atoms with Crippen molar-refractivity contribution in [2.45, 2.75) is 13.3 Å². The summed E-state index contributed by atoms with van der Waals surface area (Å²) in [6.07, 6.45) is 0.900. The molecule has 0 radical (unpaired) electrons. The van der Waals surface area contributed by atoms with E-state index in [1.807, 2.05) is 16.8 Å². The zero-order valence-corrected chi connectivity index (χ0v) is 7.56. The van der Waals surface area contributed by atoms with Crippen LogP contribution < -0.4 is 0 Å². The van der Waals surface area contributed by atoms with Gasteiger partial charge in [0.1, 0.15) is 5.82 Å². The lowest BCUT2D eigenvalue weighted by atomic mass is 10.3. The third-order valence-corrected chi connectivity index (χ3v) is 2.33. The molecule has 0 unspecified atom stereocenters. The lowest BCUT2D eigenvalue weighted by Gasteiger charge is -1.84. The van der Waals surface area contributed by atoms with Gasteiger partial charge in [-0.05, 0) is 11.4 Å². The molecule has 0 bridgehead atoms. The van der Waals surface area contributed by atoms with Gasteiger partial charge in [-0.2, -0.15) is 16.4 Å². The van der Waals surface area contributed by atoms with Crippen LogP contribution in [0.1, 0.15) is 12.7 Å². The van der Waals surface area contributed by atoms with Crippen LogP contribution in [0.3, 0.4) is 0 Å². The highest BCUT2D eigenvalue weighted by Gasteiger charge is 2.03. The highest BCUT2D eigenvalue weighted by Crippen LogP contribution is 2.17. The van der Waals surface area contributed by atoms with Gasteiger partial charge >= 0.3 is 0 Å². The number of H-pyrrole nitrogens is 1. The van der Waals surface area contributed by atoms with E-state index in [0.717, 1.165) is 23.6 Å². The second kappa shape index (κ2) is 3.06. The molecule has 2 heterocycles. The summed E-state index contributed by atoms with van der Waals surface area (Å²) in [4.78, 5) is 4.31. The summed E-state index contributed by atoms with van der Waals surface area (Å²) >= 11 is 1.66. The van der Waals surface area contributed by atoms with Crippen molar-refractivity contribution in [2.75, 3.05) is 0 Å². The lowest BCUT2D eigenvalue weighted by molar-refractivity contribution is 0.946. The highest BCUT2D eigenvalue weighted by atomic mass is 32.1. The second-order valence-electron chi connectivity index (χ2n) is 2.47. The zero-order valence-electron chi connectivity index (χ0n) is 6.74. The first kappa shape index (κ1) is 7.49. The summed E-state index contributed by atoms with van der Waals surface area (Å²) in [5.41, 5.74) is 1.09. The quantitative estimate of drug-likeness (QED) is 0.767. The number of hydrogen-bond acceptors (Lipinski definition) is 3. The molecule has 2 aromatic rings. The van der Waals surface area contributed by atoms with Gasteiger partial charge in [0.25, 0.3) is 0 Å². The average Bonchev–Trinajstić information content (AvgIpc) is 2.75. The fourth-order valence-electron chi connectivity index (χ4n) is 0.974. The Morgan fingerprint density at radius 2 is 2.50 bits per heavy atom. The van der Waals surface area contributed by atoms with E-state index in [2.05, 4.69) is 22.1 Å². The normalized spacial score (nSPS) is 10.4. The molecule has 3 nitrogen and oxygen atoms in total. The van der Waals surface area contributed by atoms with E-state index < -0.39 is 0 Å². The lowest BCUT2D eigenvalue weighted by Crippen LogP contribution is -1.80. The summed E-state index contributed by atoms with van der Waals surface area (Å²) in [6.45, 7) is 2.05. The minimum atomic E-state index is 0.799. The molecule has 0 aliphatic heterocycles. The van der Waals surface area contributed by atoms with Crippen LogP contribution in [0, 0.1) is 0 Å². The molecule has 4 heteroatoms. The molecule has 2 aromatic heterocycles. The van der Waals surface area contributed by atoms with Crippen LogP contribution in [0.2, 0.25) is 0 Å². The van der Waals surface area contributed by atoms with Crippen LogP contribution >= 0.6 is 11.3 Å². The van der Waals surface area contributed by atoms with Gasteiger partial charge in [0.15, 0.2) is 5.82 Å². The number of rotatable bonds is 2. The van der Waals surface area contributed by atoms with Gasteiger partial charge in [0.05, 0.1) is 0 Å². The molecular weight excluding hydrogens is 170 g/mol. The molecule has 1 N–H and O–H groups in total. The molecule has 0 fully saturated rings. The first-order valence-electron chi connectivity index (χ1n) is 3.84. The number of nitrogens with zero attached hydrogens (tertiary/aromatic N) is 2. The molecule has 0 aliphatic carbocycles. The summed E-state index contributed by atoms with van der Waals surface area (Å²) in [5.74, 6) is 1.74. The van der Waals surface area contributed by atoms with Crippen molar-refractivity contribution < 1.29 is 0 Å². The number of aromatic amines is 1. The van der Waals surface area contributed by atoms with Crippen molar-refractivity contribution in [1.29, 1.82) is 0 Å². The molecule has 0 saturated heterocycles. The Balaban J connectivity index is 2.35. The first-order valence-corrected chi connectivity index (χ1v) is 4.78. The van der Waals surface area contributed by atoms with Crippen molar-refractivity contribution in [3.8, 4) is 11.4 Å². The third-order valence-electron chi connectivity index (χ3n) is 1.65. The molecule has 0 saturated carbocycles. The van der Waals surface area contributed by atoms with Crippen LogP contribution in [-0.2, 0) is 6.42 Å². The monoisotopic (exact) mass is 179 g/mol. The van der Waals surface area contributed by atoms with Crippen molar-refractivity contribution >= 4 is 11.3 Å². The number of aryl methyl sites for hydroxylation is 1.